The van der Waals surface area contributed by atoms with Crippen LogP contribution in [0.25, 0.3) is 0 Å². The number of amides is 1. The highest BCUT2D eigenvalue weighted by Gasteiger charge is 2.13. The van der Waals surface area contributed by atoms with Gasteiger partial charge >= 0.3 is 0 Å². The normalized spacial score (nSPS) is 17.0. The van der Waals surface area contributed by atoms with E-state index in [9.17, 15) is 9.59 Å². The molecule has 134 valence electrons. The van der Waals surface area contributed by atoms with Crippen molar-refractivity contribution in [2.45, 2.75) is 19.3 Å². The highest BCUT2D eigenvalue weighted by Crippen LogP contribution is 2.14. The molecule has 4 nitrogen and oxygen atoms in total. The van der Waals surface area contributed by atoms with Crippen molar-refractivity contribution in [3.63, 3.8) is 0 Å². The third-order valence-corrected chi connectivity index (χ3v) is 5.09. The molecule has 0 radical (unpaired) electrons. The standard InChI is InChI=1S/C17H23ClN2O2S.ClH/c18-15-5-3-14(4-6-15)16(21)11-23-12-17(22)20-9-7-13-2-1-8-19-10-13;/h3-6,13,19H,1-2,7-12H2,(H,20,22);1H. The number of Topliss-reactive ketones (excluding diaryl/α,β-unsaturated/α-hetero) is 1. The first-order valence-corrected chi connectivity index (χ1v) is 9.52. The molecule has 2 rings (SSSR count). The molecule has 1 atom stereocenters. The smallest absolute Gasteiger partial charge is 0.230 e. The lowest BCUT2D eigenvalue weighted by molar-refractivity contribution is -0.118. The minimum atomic E-state index is 0. The fraction of sp³-hybridized carbons (Fsp3) is 0.529. The number of hydrogen-bond donors (Lipinski definition) is 2. The number of carbonyl (C=O) groups is 2. The fourth-order valence-corrected chi connectivity index (χ4v) is 3.46. The van der Waals surface area contributed by atoms with Crippen LogP contribution in [0, 0.1) is 5.92 Å². The highest BCUT2D eigenvalue weighted by atomic mass is 35.5. The number of rotatable bonds is 8. The lowest BCUT2D eigenvalue weighted by Crippen LogP contribution is -2.33. The van der Waals surface area contributed by atoms with Crippen LogP contribution >= 0.6 is 35.8 Å². The summed E-state index contributed by atoms with van der Waals surface area (Å²) in [6.07, 6.45) is 3.49. The van der Waals surface area contributed by atoms with Gasteiger partial charge in [0.05, 0.1) is 11.5 Å². The molecule has 1 heterocycles. The van der Waals surface area contributed by atoms with E-state index < -0.39 is 0 Å². The third-order valence-electron chi connectivity index (χ3n) is 3.91. The molecule has 1 aromatic rings. The van der Waals surface area contributed by atoms with Crippen LogP contribution in [0.2, 0.25) is 5.02 Å². The first-order valence-electron chi connectivity index (χ1n) is 7.99. The van der Waals surface area contributed by atoms with Crippen molar-refractivity contribution >= 4 is 47.5 Å². The van der Waals surface area contributed by atoms with Gasteiger partial charge in [-0.15, -0.1) is 24.2 Å². The Bertz CT molecular complexity index is 520. The molecule has 2 N–H and O–H groups in total. The molecule has 1 saturated heterocycles. The van der Waals surface area contributed by atoms with Crippen molar-refractivity contribution in [2.75, 3.05) is 31.1 Å². The molecule has 1 aliphatic rings. The van der Waals surface area contributed by atoms with E-state index in [-0.39, 0.29) is 24.1 Å². The van der Waals surface area contributed by atoms with Crippen LogP contribution in [0.4, 0.5) is 0 Å². The van der Waals surface area contributed by atoms with Crippen molar-refractivity contribution in [1.82, 2.24) is 10.6 Å². The molecule has 0 saturated carbocycles. The van der Waals surface area contributed by atoms with Crippen molar-refractivity contribution in [2.24, 2.45) is 5.92 Å². The fourth-order valence-electron chi connectivity index (χ4n) is 2.59. The monoisotopic (exact) mass is 390 g/mol. The molecule has 7 heteroatoms. The summed E-state index contributed by atoms with van der Waals surface area (Å²) in [7, 11) is 0. The van der Waals surface area contributed by atoms with Crippen LogP contribution in [0.5, 0.6) is 0 Å². The first kappa shape index (κ1) is 21.3. The van der Waals surface area contributed by atoms with Crippen LogP contribution in [0.1, 0.15) is 29.6 Å². The number of hydrogen-bond acceptors (Lipinski definition) is 4. The summed E-state index contributed by atoms with van der Waals surface area (Å²) >= 11 is 7.14. The van der Waals surface area contributed by atoms with Gasteiger partial charge in [-0.05, 0) is 62.5 Å². The van der Waals surface area contributed by atoms with Gasteiger partial charge in [0.15, 0.2) is 5.78 Å². The molecule has 0 bridgehead atoms. The number of piperidine rings is 1. The predicted octanol–water partition coefficient (Wildman–Crippen LogP) is 3.18. The van der Waals surface area contributed by atoms with Crippen molar-refractivity contribution in [1.29, 1.82) is 0 Å². The lowest BCUT2D eigenvalue weighted by Gasteiger charge is -2.22. The zero-order chi connectivity index (χ0) is 16.5. The molecule has 1 aliphatic heterocycles. The third kappa shape index (κ3) is 7.88. The van der Waals surface area contributed by atoms with E-state index in [0.717, 1.165) is 26.1 Å². The van der Waals surface area contributed by atoms with Crippen molar-refractivity contribution < 1.29 is 9.59 Å². The first-order chi connectivity index (χ1) is 11.1. The number of nitrogens with one attached hydrogen (secondary N) is 2. The number of halogens is 2. The van der Waals surface area contributed by atoms with Gasteiger partial charge in [0.2, 0.25) is 5.91 Å². The minimum Gasteiger partial charge on any atom is -0.355 e. The maximum atomic E-state index is 12.0. The Labute approximate surface area is 158 Å². The molecule has 1 amide bonds. The van der Waals surface area contributed by atoms with E-state index in [1.165, 1.54) is 24.6 Å². The highest BCUT2D eigenvalue weighted by molar-refractivity contribution is 8.00. The zero-order valence-corrected chi connectivity index (χ0v) is 15.9. The molecular formula is C17H24Cl2N2O2S. The van der Waals surface area contributed by atoms with Gasteiger partial charge in [-0.3, -0.25) is 9.59 Å². The molecule has 0 aliphatic carbocycles. The second kappa shape index (κ2) is 11.7. The van der Waals surface area contributed by atoms with E-state index >= 15 is 0 Å². The Balaban J connectivity index is 0.00000288. The average Bonchev–Trinajstić information content (AvgIpc) is 2.56. The van der Waals surface area contributed by atoms with Crippen molar-refractivity contribution in [3.8, 4) is 0 Å². The summed E-state index contributed by atoms with van der Waals surface area (Å²) < 4.78 is 0. The molecule has 0 spiro atoms. The Kier molecular flexibility index (Phi) is 10.4. The van der Waals surface area contributed by atoms with Gasteiger partial charge in [-0.2, -0.15) is 0 Å². The van der Waals surface area contributed by atoms with Gasteiger partial charge < -0.3 is 10.6 Å². The maximum absolute atomic E-state index is 12.0. The van der Waals surface area contributed by atoms with Crippen LogP contribution in [-0.4, -0.2) is 42.8 Å². The summed E-state index contributed by atoms with van der Waals surface area (Å²) in [5.41, 5.74) is 0.632. The molecule has 1 fully saturated rings. The largest absolute Gasteiger partial charge is 0.355 e. The molecule has 0 aromatic heterocycles. The molecule has 1 unspecified atom stereocenters. The second-order valence-corrected chi connectivity index (χ2v) is 7.20. The lowest BCUT2D eigenvalue weighted by atomic mass is 9.96. The number of carbonyl (C=O) groups excluding carboxylic acids is 2. The molecule has 1 aromatic carbocycles. The SMILES string of the molecule is Cl.O=C(CSCC(=O)c1ccc(Cl)cc1)NCCC1CCCNC1. The minimum absolute atomic E-state index is 0. The topological polar surface area (TPSA) is 58.2 Å². The molecular weight excluding hydrogens is 367 g/mol. The molecule has 24 heavy (non-hydrogen) atoms. The predicted molar refractivity (Wildman–Crippen MR) is 104 cm³/mol. The van der Waals surface area contributed by atoms with Gasteiger partial charge in [-0.25, -0.2) is 0 Å². The van der Waals surface area contributed by atoms with E-state index in [1.807, 2.05) is 0 Å². The van der Waals surface area contributed by atoms with E-state index in [2.05, 4.69) is 10.6 Å². The number of ketones is 1. The van der Waals surface area contributed by atoms with Crippen LogP contribution in [-0.2, 0) is 4.79 Å². The Morgan fingerprint density at radius 2 is 2.00 bits per heavy atom. The quantitative estimate of drug-likeness (QED) is 0.669. The van der Waals surface area contributed by atoms with E-state index in [1.54, 1.807) is 24.3 Å². The number of thioether (sulfide) groups is 1. The summed E-state index contributed by atoms with van der Waals surface area (Å²) in [5.74, 6) is 1.32. The summed E-state index contributed by atoms with van der Waals surface area (Å²) in [6.45, 7) is 2.89. The van der Waals surface area contributed by atoms with Gasteiger partial charge in [0.25, 0.3) is 0 Å². The van der Waals surface area contributed by atoms with Gasteiger partial charge in [-0.1, -0.05) is 11.6 Å². The van der Waals surface area contributed by atoms with E-state index in [4.69, 9.17) is 11.6 Å². The maximum Gasteiger partial charge on any atom is 0.230 e. The summed E-state index contributed by atoms with van der Waals surface area (Å²) in [6, 6.07) is 6.82. The number of benzene rings is 1. The van der Waals surface area contributed by atoms with E-state index in [0.29, 0.717) is 28.0 Å². The summed E-state index contributed by atoms with van der Waals surface area (Å²) in [4.78, 5) is 23.7. The van der Waals surface area contributed by atoms with Crippen LogP contribution in [0.15, 0.2) is 24.3 Å². The second-order valence-electron chi connectivity index (χ2n) is 5.77. The van der Waals surface area contributed by atoms with Crippen LogP contribution < -0.4 is 10.6 Å². The Morgan fingerprint density at radius 3 is 2.67 bits per heavy atom. The summed E-state index contributed by atoms with van der Waals surface area (Å²) in [5, 5.41) is 6.92. The van der Waals surface area contributed by atoms with Gasteiger partial charge in [0.1, 0.15) is 0 Å². The Morgan fingerprint density at radius 1 is 1.25 bits per heavy atom. The van der Waals surface area contributed by atoms with Crippen LogP contribution in [0.3, 0.4) is 0 Å². The van der Waals surface area contributed by atoms with Gasteiger partial charge in [0, 0.05) is 17.1 Å². The van der Waals surface area contributed by atoms with Crippen molar-refractivity contribution in [3.05, 3.63) is 34.9 Å². The average molecular weight is 391 g/mol. The Hall–Kier alpha value is -0.750. The zero-order valence-electron chi connectivity index (χ0n) is 13.6.